The summed E-state index contributed by atoms with van der Waals surface area (Å²) >= 11 is 2.51. The van der Waals surface area contributed by atoms with E-state index in [1.54, 1.807) is 36.4 Å². The molecule has 31 heavy (non-hydrogen) atoms. The monoisotopic (exact) mass is 604 g/mol. The van der Waals surface area contributed by atoms with E-state index in [4.69, 9.17) is 4.74 Å². The van der Waals surface area contributed by atoms with Crippen molar-refractivity contribution >= 4 is 44.4 Å². The van der Waals surface area contributed by atoms with Gasteiger partial charge in [0.25, 0.3) is 0 Å². The number of halogens is 8. The van der Waals surface area contributed by atoms with Crippen LogP contribution < -0.4 is 10.6 Å². The molecule has 1 nitrogen and oxygen atoms in total. The predicted octanol–water partition coefficient (Wildman–Crippen LogP) is 4.89. The molecule has 0 saturated heterocycles. The molecule has 0 aliphatic carbocycles. The average Bonchev–Trinajstić information content (AvgIpc) is 2.73. The van der Waals surface area contributed by atoms with Crippen molar-refractivity contribution in [3.05, 3.63) is 60.7 Å². The van der Waals surface area contributed by atoms with E-state index >= 15 is 0 Å². The first-order chi connectivity index (χ1) is 14.3. The van der Waals surface area contributed by atoms with Crippen molar-refractivity contribution in [2.45, 2.75) is 36.1 Å². The number of hydrogen-bond donors (Lipinski definition) is 0. The third-order valence-electron chi connectivity index (χ3n) is 4.14. The molecule has 0 radical (unpaired) electrons. The standard InChI is InChI=1S/C19H17F8OPSe2/c1-13(28-12-17(22,23)19(26,27)18(24,25)16(20)21)31-29(30,14-8-4-2-5-9-14)15-10-6-3-7-11-15/h2-11,13,16H,12H2,1H3. The van der Waals surface area contributed by atoms with Gasteiger partial charge in [0, 0.05) is 0 Å². The van der Waals surface area contributed by atoms with Crippen molar-refractivity contribution in [2.75, 3.05) is 6.61 Å². The van der Waals surface area contributed by atoms with Gasteiger partial charge < -0.3 is 0 Å². The number of rotatable bonds is 10. The number of alkyl halides is 8. The third kappa shape index (κ3) is 5.63. The Kier molecular flexibility index (Phi) is 8.62. The zero-order valence-electron chi connectivity index (χ0n) is 15.8. The molecule has 0 aromatic heterocycles. The molecule has 0 spiro atoms. The first-order valence-electron chi connectivity index (χ1n) is 8.68. The van der Waals surface area contributed by atoms with Crippen LogP contribution in [0.3, 0.4) is 0 Å². The summed E-state index contributed by atoms with van der Waals surface area (Å²) in [5.41, 5.74) is 0. The Labute approximate surface area is 187 Å². The minimum absolute atomic E-state index is 0.619. The fourth-order valence-corrected chi connectivity index (χ4v) is 16.3. The van der Waals surface area contributed by atoms with Gasteiger partial charge in [0.2, 0.25) is 0 Å². The number of hydrogen-bond acceptors (Lipinski definition) is 1. The molecule has 2 rings (SSSR count). The summed E-state index contributed by atoms with van der Waals surface area (Å²) in [6.45, 7) is -0.758. The van der Waals surface area contributed by atoms with Crippen LogP contribution in [0.1, 0.15) is 6.92 Å². The van der Waals surface area contributed by atoms with Gasteiger partial charge in [-0.25, -0.2) is 0 Å². The van der Waals surface area contributed by atoms with Crippen molar-refractivity contribution in [3.63, 3.8) is 0 Å². The topological polar surface area (TPSA) is 9.23 Å². The molecule has 0 saturated carbocycles. The Bertz CT molecular complexity index is 853. The van der Waals surface area contributed by atoms with Gasteiger partial charge in [-0.05, 0) is 0 Å². The molecule has 0 N–H and O–H groups in total. The normalized spacial score (nSPS) is 14.6. The summed E-state index contributed by atoms with van der Waals surface area (Å²) in [6.07, 6.45) is -4.95. The van der Waals surface area contributed by atoms with Crippen molar-refractivity contribution in [3.8, 4) is 0 Å². The van der Waals surface area contributed by atoms with E-state index in [0.717, 1.165) is 10.6 Å². The van der Waals surface area contributed by atoms with Gasteiger partial charge in [0.1, 0.15) is 0 Å². The Morgan fingerprint density at radius 2 is 1.29 bits per heavy atom. The van der Waals surface area contributed by atoms with Gasteiger partial charge in [-0.2, -0.15) is 0 Å². The Morgan fingerprint density at radius 3 is 1.68 bits per heavy atom. The molecule has 0 bridgehead atoms. The van der Waals surface area contributed by atoms with Crippen LogP contribution >= 0.6 is 4.20 Å². The fourth-order valence-electron chi connectivity index (χ4n) is 2.45. The van der Waals surface area contributed by atoms with Gasteiger partial charge in [-0.3, -0.25) is 0 Å². The first kappa shape index (κ1) is 26.6. The molecule has 1 atom stereocenters. The van der Waals surface area contributed by atoms with E-state index < -0.39 is 54.5 Å². The van der Waals surface area contributed by atoms with E-state index in [2.05, 4.69) is 15.1 Å². The quantitative estimate of drug-likeness (QED) is 0.214. The Morgan fingerprint density at radius 1 is 0.871 bits per heavy atom. The summed E-state index contributed by atoms with van der Waals surface area (Å²) in [7, 11) is 0. The van der Waals surface area contributed by atoms with Crippen LogP contribution in [0.4, 0.5) is 35.1 Å². The zero-order chi connectivity index (χ0) is 23.5. The van der Waals surface area contributed by atoms with Crippen LogP contribution in [-0.4, -0.2) is 65.4 Å². The molecule has 0 aliphatic rings. The molecule has 12 heteroatoms. The van der Waals surface area contributed by atoms with Crippen LogP contribution in [0.25, 0.3) is 0 Å². The zero-order valence-corrected chi connectivity index (χ0v) is 20.2. The van der Waals surface area contributed by atoms with Gasteiger partial charge in [0.15, 0.2) is 0 Å². The van der Waals surface area contributed by atoms with Crippen molar-refractivity contribution in [1.82, 2.24) is 0 Å². The second-order valence-corrected chi connectivity index (χ2v) is 21.9. The van der Waals surface area contributed by atoms with Crippen molar-refractivity contribution < 1.29 is 39.9 Å². The second kappa shape index (κ2) is 10.1. The van der Waals surface area contributed by atoms with Crippen molar-refractivity contribution in [1.29, 1.82) is 0 Å². The number of benzene rings is 2. The average molecular weight is 602 g/mol. The van der Waals surface area contributed by atoms with Crippen LogP contribution in [0, 0.1) is 0 Å². The van der Waals surface area contributed by atoms with E-state index in [9.17, 15) is 35.1 Å². The van der Waals surface area contributed by atoms with Crippen LogP contribution in [0.5, 0.6) is 0 Å². The molecular formula is C19H17F8OPSe2. The van der Waals surface area contributed by atoms with E-state index in [1.807, 2.05) is 24.3 Å². The molecular weight excluding hydrogens is 585 g/mol. The molecule has 0 heterocycles. The summed E-state index contributed by atoms with van der Waals surface area (Å²) in [5.74, 6) is -18.0. The summed E-state index contributed by atoms with van der Waals surface area (Å²) < 4.78 is 108. The van der Waals surface area contributed by atoms with Gasteiger partial charge in [0.05, 0.1) is 0 Å². The summed E-state index contributed by atoms with van der Waals surface area (Å²) in [4.78, 5) is 0. The van der Waals surface area contributed by atoms with Crippen LogP contribution in [0.15, 0.2) is 60.7 Å². The molecule has 0 amide bonds. The summed E-state index contributed by atoms with van der Waals surface area (Å²) in [6, 6.07) is 18.0. The van der Waals surface area contributed by atoms with E-state index in [-0.39, 0.29) is 0 Å². The number of ether oxygens (including phenoxy) is 1. The predicted molar refractivity (Wildman–Crippen MR) is 107 cm³/mol. The Balaban J connectivity index is 2.23. The molecule has 0 fully saturated rings. The van der Waals surface area contributed by atoms with E-state index in [1.165, 1.54) is 6.92 Å². The third-order valence-corrected chi connectivity index (χ3v) is 18.8. The molecule has 0 aliphatic heterocycles. The molecule has 2 aromatic carbocycles. The van der Waals surface area contributed by atoms with Gasteiger partial charge >= 0.3 is 188 Å². The summed E-state index contributed by atoms with van der Waals surface area (Å²) in [5, 5.41) is 0.736. The van der Waals surface area contributed by atoms with Crippen LogP contribution in [-0.2, 0) is 4.74 Å². The van der Waals surface area contributed by atoms with Crippen molar-refractivity contribution in [2.24, 2.45) is 0 Å². The molecule has 2 aromatic rings. The molecule has 172 valence electrons. The second-order valence-electron chi connectivity index (χ2n) is 6.41. The minimum atomic E-state index is -6.27. The van der Waals surface area contributed by atoms with E-state index in [0.29, 0.717) is 0 Å². The first-order valence-corrected chi connectivity index (χ1v) is 15.9. The maximum atomic E-state index is 13.8. The fraction of sp³-hybridized carbons (Fsp3) is 0.368. The Hall–Kier alpha value is -0.691. The van der Waals surface area contributed by atoms with Gasteiger partial charge in [-0.1, -0.05) is 0 Å². The van der Waals surface area contributed by atoms with Crippen LogP contribution in [0.2, 0.25) is 0 Å². The van der Waals surface area contributed by atoms with Gasteiger partial charge in [-0.15, -0.1) is 0 Å². The molecule has 1 unspecified atom stereocenters. The SMILES string of the molecule is CC(OCC(F)(F)C(F)(F)C(F)(F)C(F)F)[Se]P(=[Se])(c1ccccc1)c1ccccc1. The maximum absolute atomic E-state index is 13.8.